The summed E-state index contributed by atoms with van der Waals surface area (Å²) < 4.78 is 32.1. The Morgan fingerprint density at radius 1 is 1.17 bits per heavy atom. The first-order valence-corrected chi connectivity index (χ1v) is 11.3. The minimum atomic E-state index is -3.59. The molecule has 6 nitrogen and oxygen atoms in total. The number of hydrogen-bond donors (Lipinski definition) is 1. The second kappa shape index (κ2) is 8.86. The molecule has 0 aliphatic carbocycles. The highest BCUT2D eigenvalue weighted by molar-refractivity contribution is 7.94. The third-order valence-corrected chi connectivity index (χ3v) is 7.70. The molecule has 9 heteroatoms. The Bertz CT molecular complexity index is 1100. The van der Waals surface area contributed by atoms with Crippen LogP contribution >= 0.6 is 22.9 Å². The molecule has 1 aromatic heterocycles. The van der Waals surface area contributed by atoms with Crippen LogP contribution in [0.15, 0.2) is 64.2 Å². The van der Waals surface area contributed by atoms with Crippen LogP contribution < -0.4 is 14.4 Å². The first kappa shape index (κ1) is 21.2. The Hall–Kier alpha value is -2.55. The molecule has 0 spiro atoms. The zero-order chi connectivity index (χ0) is 21.0. The molecule has 2 aromatic carbocycles. The summed E-state index contributed by atoms with van der Waals surface area (Å²) in [5, 5.41) is 5.00. The first-order valence-electron chi connectivity index (χ1n) is 8.58. The van der Waals surface area contributed by atoms with Crippen molar-refractivity contribution in [3.63, 3.8) is 0 Å². The molecule has 29 heavy (non-hydrogen) atoms. The van der Waals surface area contributed by atoms with Gasteiger partial charge in [0.15, 0.2) is 6.61 Å². The van der Waals surface area contributed by atoms with E-state index in [9.17, 15) is 13.2 Å². The monoisotopic (exact) mass is 450 g/mol. The Morgan fingerprint density at radius 2 is 1.90 bits per heavy atom. The normalized spacial score (nSPS) is 11.1. The van der Waals surface area contributed by atoms with Gasteiger partial charge in [-0.3, -0.25) is 9.10 Å². The van der Waals surface area contributed by atoms with Crippen LogP contribution in [0.25, 0.3) is 0 Å². The maximum absolute atomic E-state index is 12.6. The van der Waals surface area contributed by atoms with Gasteiger partial charge in [0.25, 0.3) is 15.9 Å². The molecule has 3 rings (SSSR count). The summed E-state index contributed by atoms with van der Waals surface area (Å²) in [6, 6.07) is 15.0. The van der Waals surface area contributed by atoms with E-state index in [1.54, 1.807) is 53.9 Å². The first-order chi connectivity index (χ1) is 13.8. The van der Waals surface area contributed by atoms with Crippen molar-refractivity contribution in [3.8, 4) is 5.75 Å². The minimum absolute atomic E-state index is 0.186. The number of rotatable bonds is 7. The second-order valence-corrected chi connectivity index (χ2v) is 9.75. The largest absolute Gasteiger partial charge is 0.484 e. The number of thiophene rings is 1. The molecule has 3 aromatic rings. The number of sulfonamides is 1. The van der Waals surface area contributed by atoms with Crippen LogP contribution in [0.4, 0.5) is 11.4 Å². The number of anilines is 2. The molecule has 0 radical (unpaired) electrons. The lowest BCUT2D eigenvalue weighted by molar-refractivity contribution is -0.118. The molecule has 0 bridgehead atoms. The van der Waals surface area contributed by atoms with E-state index in [1.807, 2.05) is 13.0 Å². The van der Waals surface area contributed by atoms with Crippen molar-refractivity contribution in [2.45, 2.75) is 11.1 Å². The maximum atomic E-state index is 12.6. The molecule has 0 unspecified atom stereocenters. The fraction of sp³-hybridized carbons (Fsp3) is 0.150. The predicted octanol–water partition coefficient (Wildman–Crippen LogP) is 4.55. The minimum Gasteiger partial charge on any atom is -0.484 e. The number of nitrogens with zero attached hydrogens (tertiary/aromatic N) is 1. The molecule has 1 amide bonds. The highest BCUT2D eigenvalue weighted by atomic mass is 35.5. The number of halogens is 1. The number of carbonyl (C=O) groups is 1. The van der Waals surface area contributed by atoms with Gasteiger partial charge in [0.1, 0.15) is 9.96 Å². The van der Waals surface area contributed by atoms with Crippen LogP contribution in [0.3, 0.4) is 0 Å². The molecule has 0 atom stereocenters. The molecule has 0 fully saturated rings. The van der Waals surface area contributed by atoms with Crippen LogP contribution in [-0.2, 0) is 14.8 Å². The Kier molecular flexibility index (Phi) is 6.46. The highest BCUT2D eigenvalue weighted by Gasteiger charge is 2.22. The summed E-state index contributed by atoms with van der Waals surface area (Å²) in [5.41, 5.74) is 2.00. The molecule has 1 N–H and O–H groups in total. The molecule has 0 aliphatic rings. The molecule has 152 valence electrons. The van der Waals surface area contributed by atoms with Crippen molar-refractivity contribution in [1.82, 2.24) is 0 Å². The average molecular weight is 451 g/mol. The lowest BCUT2D eigenvalue weighted by Crippen LogP contribution is -2.25. The van der Waals surface area contributed by atoms with E-state index < -0.39 is 10.0 Å². The van der Waals surface area contributed by atoms with E-state index in [0.717, 1.165) is 16.9 Å². The summed E-state index contributed by atoms with van der Waals surface area (Å²) in [6.45, 7) is 1.69. The summed E-state index contributed by atoms with van der Waals surface area (Å²) in [4.78, 5) is 12.1. The molecule has 1 heterocycles. The summed E-state index contributed by atoms with van der Waals surface area (Å²) in [7, 11) is -2.10. The van der Waals surface area contributed by atoms with E-state index >= 15 is 0 Å². The van der Waals surface area contributed by atoms with Gasteiger partial charge in [-0.15, -0.1) is 11.3 Å². The van der Waals surface area contributed by atoms with Gasteiger partial charge >= 0.3 is 0 Å². The quantitative estimate of drug-likeness (QED) is 0.572. The smallest absolute Gasteiger partial charge is 0.273 e. The van der Waals surface area contributed by atoms with Gasteiger partial charge in [0.2, 0.25) is 0 Å². The topological polar surface area (TPSA) is 75.7 Å². The highest BCUT2D eigenvalue weighted by Crippen LogP contribution is 2.26. The zero-order valence-electron chi connectivity index (χ0n) is 15.8. The van der Waals surface area contributed by atoms with Crippen LogP contribution in [0.2, 0.25) is 5.02 Å². The number of carbonyl (C=O) groups excluding carboxylic acids is 1. The van der Waals surface area contributed by atoms with E-state index in [-0.39, 0.29) is 16.7 Å². The van der Waals surface area contributed by atoms with Crippen molar-refractivity contribution in [3.05, 3.63) is 70.6 Å². The van der Waals surface area contributed by atoms with Gasteiger partial charge in [0.05, 0.1) is 5.69 Å². The van der Waals surface area contributed by atoms with Gasteiger partial charge < -0.3 is 10.1 Å². The van der Waals surface area contributed by atoms with Crippen molar-refractivity contribution in [2.24, 2.45) is 0 Å². The fourth-order valence-electron chi connectivity index (χ4n) is 2.45. The van der Waals surface area contributed by atoms with Crippen molar-refractivity contribution < 1.29 is 17.9 Å². The molecular formula is C20H19ClN2O4S2. The summed E-state index contributed by atoms with van der Waals surface area (Å²) in [5.74, 6) is 0.124. The summed E-state index contributed by atoms with van der Waals surface area (Å²) in [6.07, 6.45) is 0. The molecule has 0 aliphatic heterocycles. The van der Waals surface area contributed by atoms with E-state index in [1.165, 1.54) is 11.4 Å². The molecular weight excluding hydrogens is 432 g/mol. The van der Waals surface area contributed by atoms with Gasteiger partial charge in [-0.25, -0.2) is 8.42 Å². The van der Waals surface area contributed by atoms with Gasteiger partial charge in [-0.05, 0) is 60.3 Å². The lowest BCUT2D eigenvalue weighted by atomic mass is 10.2. The van der Waals surface area contributed by atoms with Crippen molar-refractivity contribution in [1.29, 1.82) is 0 Å². The number of aryl methyl sites for hydroxylation is 1. The fourth-order valence-corrected chi connectivity index (χ4v) is 4.99. The number of nitrogens with one attached hydrogen (secondary N) is 1. The van der Waals surface area contributed by atoms with Crippen LogP contribution in [-0.4, -0.2) is 28.0 Å². The SMILES string of the molecule is Cc1ccc(NC(=O)COc2ccc(N(C)S(=O)(=O)c3cccs3)cc2)cc1Cl. The Morgan fingerprint density at radius 3 is 2.52 bits per heavy atom. The van der Waals surface area contributed by atoms with Crippen LogP contribution in [0, 0.1) is 6.92 Å². The standard InChI is InChI=1S/C20H19ClN2O4S2/c1-14-5-6-15(12-18(14)21)22-19(24)13-27-17-9-7-16(8-10-17)23(2)29(25,26)20-4-3-11-28-20/h3-12H,13H2,1-2H3,(H,22,24). The van der Waals surface area contributed by atoms with E-state index in [2.05, 4.69) is 5.32 Å². The maximum Gasteiger partial charge on any atom is 0.273 e. The predicted molar refractivity (Wildman–Crippen MR) is 117 cm³/mol. The third kappa shape index (κ3) is 5.09. The van der Waals surface area contributed by atoms with Crippen molar-refractivity contribution in [2.75, 3.05) is 23.3 Å². The van der Waals surface area contributed by atoms with E-state index in [0.29, 0.717) is 22.1 Å². The zero-order valence-corrected chi connectivity index (χ0v) is 18.1. The number of benzene rings is 2. The lowest BCUT2D eigenvalue weighted by Gasteiger charge is -2.18. The summed E-state index contributed by atoms with van der Waals surface area (Å²) >= 11 is 7.21. The van der Waals surface area contributed by atoms with Crippen molar-refractivity contribution >= 4 is 50.2 Å². The Labute approximate surface area is 178 Å². The van der Waals surface area contributed by atoms with Crippen LogP contribution in [0.5, 0.6) is 5.75 Å². The Balaban J connectivity index is 1.59. The number of amides is 1. The average Bonchev–Trinajstić information content (AvgIpc) is 3.25. The van der Waals surface area contributed by atoms with Gasteiger partial charge in [-0.1, -0.05) is 23.7 Å². The van der Waals surface area contributed by atoms with Crippen LogP contribution in [0.1, 0.15) is 5.56 Å². The number of ether oxygens (including phenoxy) is 1. The van der Waals surface area contributed by atoms with E-state index in [4.69, 9.17) is 16.3 Å². The third-order valence-electron chi connectivity index (χ3n) is 4.14. The van der Waals surface area contributed by atoms with Gasteiger partial charge in [-0.2, -0.15) is 0 Å². The number of hydrogen-bond acceptors (Lipinski definition) is 5. The molecule has 0 saturated carbocycles. The van der Waals surface area contributed by atoms with Gasteiger partial charge in [0, 0.05) is 17.8 Å². The second-order valence-electron chi connectivity index (χ2n) is 6.20. The molecule has 0 saturated heterocycles.